The smallest absolute Gasteiger partial charge is 0.0622 e. The molecule has 2 heteroatoms. The topological polar surface area (TPSA) is 0 Å². The van der Waals surface area contributed by atoms with Crippen LogP contribution in [0.4, 0.5) is 0 Å². The van der Waals surface area contributed by atoms with Crippen LogP contribution in [0.25, 0.3) is 5.31 Å². The van der Waals surface area contributed by atoms with Gasteiger partial charge in [-0.1, -0.05) is 51.1 Å². The van der Waals surface area contributed by atoms with E-state index in [1.54, 1.807) is 10.6 Å². The third-order valence-electron chi connectivity index (χ3n) is 3.26. The third-order valence-corrected chi connectivity index (χ3v) is 11.3. The number of allylic oxidation sites excluding steroid dienone is 1. The molecular weight excluding hydrogens is 255 g/mol. The molecule has 0 radical (unpaired) electrons. The largest absolute Gasteiger partial charge is 0.184 e. The predicted molar refractivity (Wildman–Crippen MR) is 88.2 cm³/mol. The quantitative estimate of drug-likeness (QED) is 0.506. The molecule has 1 aromatic rings. The summed E-state index contributed by atoms with van der Waals surface area (Å²) in [5, 5.41) is 3.49. The summed E-state index contributed by atoms with van der Waals surface area (Å²) in [4.78, 5) is 0. The zero-order chi connectivity index (χ0) is 13.3. The van der Waals surface area contributed by atoms with Crippen LogP contribution in [0.1, 0.15) is 40.2 Å². The predicted octanol–water partition coefficient (Wildman–Crippen LogP) is 5.47. The second-order valence-corrected chi connectivity index (χ2v) is 11.9. The Bertz CT molecular complexity index is 438. The van der Waals surface area contributed by atoms with Crippen LogP contribution >= 0.6 is 7.12 Å². The van der Waals surface area contributed by atoms with Gasteiger partial charge in [0, 0.05) is 21.1 Å². The molecule has 2 rings (SSSR count). The zero-order valence-electron chi connectivity index (χ0n) is 12.2. The van der Waals surface area contributed by atoms with Crippen LogP contribution in [-0.2, 0) is 10.5 Å². The van der Waals surface area contributed by atoms with Gasteiger partial charge in [-0.2, -0.15) is 0 Å². The van der Waals surface area contributed by atoms with E-state index in [4.69, 9.17) is 0 Å². The first-order valence-electron chi connectivity index (χ1n) is 6.78. The zero-order valence-corrected chi connectivity index (χ0v) is 13.9. The second kappa shape index (κ2) is 5.39. The molecule has 1 aliphatic rings. The van der Waals surface area contributed by atoms with Crippen molar-refractivity contribution < 1.29 is 0 Å². The van der Waals surface area contributed by atoms with Crippen molar-refractivity contribution in [3.05, 3.63) is 41.2 Å². The van der Waals surface area contributed by atoms with Crippen LogP contribution < -0.4 is 0 Å². The minimum absolute atomic E-state index is 0.0558. The van der Waals surface area contributed by atoms with E-state index < -0.39 is 0 Å². The lowest BCUT2D eigenvalue weighted by atomic mass is 9.95. The van der Waals surface area contributed by atoms with Crippen molar-refractivity contribution in [3.8, 4) is 0 Å². The Morgan fingerprint density at radius 3 is 2.00 bits per heavy atom. The fourth-order valence-electron chi connectivity index (χ4n) is 2.38. The van der Waals surface area contributed by atoms with Gasteiger partial charge in [0.1, 0.15) is 11.5 Å². The Hall–Kier alpha value is -0.260. The molecule has 0 N–H and O–H groups in total. The first kappa shape index (κ1) is 14.2. The molecule has 98 valence electrons. The summed E-state index contributed by atoms with van der Waals surface area (Å²) >= 11 is 0. The van der Waals surface area contributed by atoms with Crippen molar-refractivity contribution in [2.45, 2.75) is 34.6 Å². The van der Waals surface area contributed by atoms with E-state index in [0.717, 1.165) is 0 Å². The standard InChI is InChI=1S/C16H24PS/c1-6-18(7-2)17-14(15(17)16(3,4)5)13-11-9-8-10-12-13/h8-12H,6-7H2,1-5H3/q+1. The Labute approximate surface area is 116 Å². The van der Waals surface area contributed by atoms with Crippen LogP contribution in [0.15, 0.2) is 35.6 Å². The first-order valence-corrected chi connectivity index (χ1v) is 10.3. The van der Waals surface area contributed by atoms with Crippen LogP contribution in [-0.4, -0.2) is 11.5 Å². The highest BCUT2D eigenvalue weighted by Gasteiger charge is 2.54. The fourth-order valence-corrected chi connectivity index (χ4v) is 10.6. The van der Waals surface area contributed by atoms with Crippen LogP contribution in [0, 0.1) is 5.41 Å². The van der Waals surface area contributed by atoms with Crippen molar-refractivity contribution in [2.24, 2.45) is 5.41 Å². The Morgan fingerprint density at radius 2 is 1.56 bits per heavy atom. The third kappa shape index (κ3) is 2.68. The number of benzene rings is 1. The van der Waals surface area contributed by atoms with E-state index in [2.05, 4.69) is 65.0 Å². The lowest BCUT2D eigenvalue weighted by Crippen LogP contribution is -2.05. The van der Waals surface area contributed by atoms with Gasteiger partial charge >= 0.3 is 0 Å². The Morgan fingerprint density at radius 1 is 1.00 bits per heavy atom. The van der Waals surface area contributed by atoms with Crippen molar-refractivity contribution in [2.75, 3.05) is 11.5 Å². The molecule has 1 heterocycles. The van der Waals surface area contributed by atoms with Gasteiger partial charge in [-0.25, -0.2) is 0 Å². The minimum atomic E-state index is 0.0558. The van der Waals surface area contributed by atoms with Crippen LogP contribution in [0.3, 0.4) is 0 Å². The van der Waals surface area contributed by atoms with Gasteiger partial charge in [0.15, 0.2) is 7.12 Å². The summed E-state index contributed by atoms with van der Waals surface area (Å²) in [6.45, 7) is 11.8. The maximum absolute atomic E-state index is 2.38. The first-order chi connectivity index (χ1) is 8.50. The number of hydrogen-bond donors (Lipinski definition) is 0. The average Bonchev–Trinajstić information content (AvgIpc) is 3.07. The molecule has 18 heavy (non-hydrogen) atoms. The molecule has 1 aromatic carbocycles. The lowest BCUT2D eigenvalue weighted by molar-refractivity contribution is 0.540. The van der Waals surface area contributed by atoms with E-state index in [1.165, 1.54) is 17.1 Å². The van der Waals surface area contributed by atoms with Gasteiger partial charge < -0.3 is 0 Å². The van der Waals surface area contributed by atoms with Gasteiger partial charge in [-0.15, -0.1) is 0 Å². The van der Waals surface area contributed by atoms with Crippen molar-refractivity contribution in [1.82, 2.24) is 0 Å². The second-order valence-electron chi connectivity index (χ2n) is 5.65. The van der Waals surface area contributed by atoms with Gasteiger partial charge in [-0.05, 0) is 24.8 Å². The lowest BCUT2D eigenvalue weighted by Gasteiger charge is -2.14. The summed E-state index contributed by atoms with van der Waals surface area (Å²) in [7, 11) is 0.660. The molecule has 1 unspecified atom stereocenters. The average molecular weight is 279 g/mol. The van der Waals surface area contributed by atoms with Crippen molar-refractivity contribution in [3.63, 3.8) is 0 Å². The summed E-state index contributed by atoms with van der Waals surface area (Å²) in [6.07, 6.45) is 0. The monoisotopic (exact) mass is 279 g/mol. The van der Waals surface area contributed by atoms with Gasteiger partial charge in [0.2, 0.25) is 0 Å². The highest BCUT2D eigenvalue weighted by molar-refractivity contribution is 8.60. The molecule has 0 bridgehead atoms. The highest BCUT2D eigenvalue weighted by Crippen LogP contribution is 2.82. The fraction of sp³-hybridized carbons (Fsp3) is 0.500. The molecule has 1 atom stereocenters. The molecule has 1 aliphatic heterocycles. The summed E-state index contributed by atoms with van der Waals surface area (Å²) in [5.41, 5.74) is 1.83. The molecule has 0 nitrogen and oxygen atoms in total. The van der Waals surface area contributed by atoms with Crippen molar-refractivity contribution in [1.29, 1.82) is 0 Å². The number of hydrogen-bond acceptors (Lipinski definition) is 0. The summed E-state index contributed by atoms with van der Waals surface area (Å²) < 4.78 is 0. The van der Waals surface area contributed by atoms with Gasteiger partial charge in [0.25, 0.3) is 0 Å². The molecule has 0 aliphatic carbocycles. The molecule has 0 saturated heterocycles. The molecule has 0 fully saturated rings. The minimum Gasteiger partial charge on any atom is -0.0622 e. The van der Waals surface area contributed by atoms with Gasteiger partial charge in [-0.3, -0.25) is 0 Å². The summed E-state index contributed by atoms with van der Waals surface area (Å²) in [6, 6.07) is 11.0. The maximum atomic E-state index is 2.38. The molecule has 0 saturated carbocycles. The SMILES string of the molecule is CC[S+](CC)P1C(c2ccccc2)=C1C(C)(C)C. The summed E-state index contributed by atoms with van der Waals surface area (Å²) in [5.74, 6) is 2.69. The maximum Gasteiger partial charge on any atom is 0.184 e. The Kier molecular flexibility index (Phi) is 4.24. The van der Waals surface area contributed by atoms with E-state index in [-0.39, 0.29) is 7.12 Å². The van der Waals surface area contributed by atoms with Crippen LogP contribution in [0.2, 0.25) is 0 Å². The van der Waals surface area contributed by atoms with E-state index in [9.17, 15) is 0 Å². The molecule has 0 spiro atoms. The normalized spacial score (nSPS) is 19.6. The highest BCUT2D eigenvalue weighted by atomic mass is 32.8. The van der Waals surface area contributed by atoms with E-state index in [1.807, 2.05) is 0 Å². The molecular formula is C16H24PS+. The molecule has 0 aromatic heterocycles. The van der Waals surface area contributed by atoms with E-state index >= 15 is 0 Å². The number of rotatable bonds is 4. The van der Waals surface area contributed by atoms with Crippen LogP contribution in [0.5, 0.6) is 0 Å². The van der Waals surface area contributed by atoms with E-state index in [0.29, 0.717) is 15.9 Å². The Balaban J connectivity index is 2.33. The van der Waals surface area contributed by atoms with Gasteiger partial charge in [0.05, 0.1) is 0 Å². The van der Waals surface area contributed by atoms with Crippen molar-refractivity contribution >= 4 is 23.0 Å². The molecule has 0 amide bonds.